The van der Waals surface area contributed by atoms with Gasteiger partial charge in [-0.2, -0.15) is 4.98 Å². The highest BCUT2D eigenvalue weighted by atomic mass is 19.1. The van der Waals surface area contributed by atoms with E-state index in [0.29, 0.717) is 18.1 Å². The van der Waals surface area contributed by atoms with E-state index < -0.39 is 0 Å². The Hall–Kier alpha value is -3.09. The Balaban J connectivity index is 1.52. The van der Waals surface area contributed by atoms with Gasteiger partial charge in [0.05, 0.1) is 6.04 Å². The Morgan fingerprint density at radius 1 is 1.20 bits per heavy atom. The smallest absolute Gasteiger partial charge is 0.227 e. The SMILES string of the molecule is CC(NC(=O)CCc1nc(-c2ccncc2)no1)c1ccc(F)cc1. The third-order valence-corrected chi connectivity index (χ3v) is 3.72. The van der Waals surface area contributed by atoms with Crippen molar-refractivity contribution in [1.29, 1.82) is 0 Å². The molecular weight excluding hydrogens is 323 g/mol. The standard InChI is InChI=1S/C18H17FN4O2/c1-12(13-2-4-15(19)5-3-13)21-16(24)6-7-17-22-18(23-25-17)14-8-10-20-11-9-14/h2-5,8-12H,6-7H2,1H3,(H,21,24). The molecule has 6 nitrogen and oxygen atoms in total. The lowest BCUT2D eigenvalue weighted by atomic mass is 10.1. The molecule has 2 aromatic heterocycles. The van der Waals surface area contributed by atoms with Crippen LogP contribution in [0.15, 0.2) is 53.3 Å². The van der Waals surface area contributed by atoms with Crippen molar-refractivity contribution in [2.24, 2.45) is 0 Å². The maximum Gasteiger partial charge on any atom is 0.227 e. The summed E-state index contributed by atoms with van der Waals surface area (Å²) >= 11 is 0. The summed E-state index contributed by atoms with van der Waals surface area (Å²) in [4.78, 5) is 20.3. The Labute approximate surface area is 144 Å². The summed E-state index contributed by atoms with van der Waals surface area (Å²) < 4.78 is 18.1. The first-order chi connectivity index (χ1) is 12.1. The van der Waals surface area contributed by atoms with Crippen LogP contribution in [0.2, 0.25) is 0 Å². The van der Waals surface area contributed by atoms with Crippen LogP contribution in [0.3, 0.4) is 0 Å². The summed E-state index contributed by atoms with van der Waals surface area (Å²) in [5, 5.41) is 6.76. The molecule has 0 radical (unpaired) electrons. The molecule has 0 aliphatic rings. The fourth-order valence-electron chi connectivity index (χ4n) is 2.34. The number of carbonyl (C=O) groups excluding carboxylic acids is 1. The van der Waals surface area contributed by atoms with Gasteiger partial charge in [-0.15, -0.1) is 0 Å². The van der Waals surface area contributed by atoms with Crippen LogP contribution >= 0.6 is 0 Å². The average Bonchev–Trinajstić information content (AvgIpc) is 3.10. The molecule has 1 N–H and O–H groups in total. The first-order valence-corrected chi connectivity index (χ1v) is 7.89. The predicted molar refractivity (Wildman–Crippen MR) is 88.8 cm³/mol. The van der Waals surface area contributed by atoms with Gasteiger partial charge < -0.3 is 9.84 Å². The maximum absolute atomic E-state index is 12.9. The van der Waals surface area contributed by atoms with Crippen LogP contribution < -0.4 is 5.32 Å². The Morgan fingerprint density at radius 3 is 2.64 bits per heavy atom. The van der Waals surface area contributed by atoms with Crippen molar-refractivity contribution < 1.29 is 13.7 Å². The van der Waals surface area contributed by atoms with Crippen LogP contribution in [0, 0.1) is 5.82 Å². The van der Waals surface area contributed by atoms with Gasteiger partial charge in [-0.05, 0) is 36.8 Å². The monoisotopic (exact) mass is 340 g/mol. The molecule has 1 amide bonds. The Morgan fingerprint density at radius 2 is 1.92 bits per heavy atom. The number of benzene rings is 1. The molecule has 0 saturated carbocycles. The number of carbonyl (C=O) groups is 1. The first kappa shape index (κ1) is 16.8. The van der Waals surface area contributed by atoms with Crippen LogP contribution in [0.25, 0.3) is 11.4 Å². The van der Waals surface area contributed by atoms with E-state index in [2.05, 4.69) is 20.4 Å². The molecule has 128 valence electrons. The predicted octanol–water partition coefficient (Wildman–Crippen LogP) is 3.08. The Bertz CT molecular complexity index is 834. The van der Waals surface area contributed by atoms with Gasteiger partial charge in [0.15, 0.2) is 0 Å². The molecule has 0 aliphatic heterocycles. The van der Waals surface area contributed by atoms with Crippen molar-refractivity contribution >= 4 is 5.91 Å². The van der Waals surface area contributed by atoms with Crippen molar-refractivity contribution in [1.82, 2.24) is 20.4 Å². The number of rotatable bonds is 6. The highest BCUT2D eigenvalue weighted by Crippen LogP contribution is 2.15. The van der Waals surface area contributed by atoms with E-state index in [0.717, 1.165) is 11.1 Å². The van der Waals surface area contributed by atoms with Gasteiger partial charge in [-0.1, -0.05) is 17.3 Å². The van der Waals surface area contributed by atoms with E-state index in [4.69, 9.17) is 4.52 Å². The summed E-state index contributed by atoms with van der Waals surface area (Å²) in [5.74, 6) is 0.429. The van der Waals surface area contributed by atoms with Gasteiger partial charge in [0.25, 0.3) is 0 Å². The van der Waals surface area contributed by atoms with Crippen molar-refractivity contribution in [3.05, 3.63) is 66.1 Å². The molecule has 3 aromatic rings. The molecule has 3 rings (SSSR count). The molecular formula is C18H17FN4O2. The van der Waals surface area contributed by atoms with Crippen LogP contribution in [0.4, 0.5) is 4.39 Å². The molecule has 0 aliphatic carbocycles. The van der Waals surface area contributed by atoms with E-state index in [1.54, 1.807) is 36.7 Å². The van der Waals surface area contributed by atoms with Crippen molar-refractivity contribution in [3.63, 3.8) is 0 Å². The third kappa shape index (κ3) is 4.47. The second kappa shape index (κ2) is 7.65. The van der Waals surface area contributed by atoms with E-state index >= 15 is 0 Å². The molecule has 2 heterocycles. The molecule has 7 heteroatoms. The zero-order valence-electron chi connectivity index (χ0n) is 13.6. The van der Waals surface area contributed by atoms with Gasteiger partial charge in [0, 0.05) is 30.8 Å². The highest BCUT2D eigenvalue weighted by Gasteiger charge is 2.13. The molecule has 1 unspecified atom stereocenters. The zero-order valence-corrected chi connectivity index (χ0v) is 13.6. The molecule has 25 heavy (non-hydrogen) atoms. The summed E-state index contributed by atoms with van der Waals surface area (Å²) in [5.41, 5.74) is 1.65. The normalized spacial score (nSPS) is 11.9. The van der Waals surface area contributed by atoms with Crippen LogP contribution in [0.5, 0.6) is 0 Å². The van der Waals surface area contributed by atoms with Gasteiger partial charge in [-0.25, -0.2) is 4.39 Å². The van der Waals surface area contributed by atoms with Crippen molar-refractivity contribution in [2.75, 3.05) is 0 Å². The molecule has 0 spiro atoms. The number of hydrogen-bond acceptors (Lipinski definition) is 5. The number of nitrogens with zero attached hydrogens (tertiary/aromatic N) is 3. The number of pyridine rings is 1. The summed E-state index contributed by atoms with van der Waals surface area (Å²) in [6, 6.07) is 9.41. The van der Waals surface area contributed by atoms with E-state index in [1.807, 2.05) is 6.92 Å². The molecule has 0 bridgehead atoms. The Kier molecular flexibility index (Phi) is 5.13. The van der Waals surface area contributed by atoms with E-state index in [9.17, 15) is 9.18 Å². The summed E-state index contributed by atoms with van der Waals surface area (Å²) in [6.45, 7) is 1.85. The second-order valence-electron chi connectivity index (χ2n) is 5.59. The topological polar surface area (TPSA) is 80.9 Å². The van der Waals surface area contributed by atoms with Crippen molar-refractivity contribution in [3.8, 4) is 11.4 Å². The van der Waals surface area contributed by atoms with Gasteiger partial charge in [0.2, 0.25) is 17.6 Å². The largest absolute Gasteiger partial charge is 0.350 e. The lowest BCUT2D eigenvalue weighted by Crippen LogP contribution is -2.26. The minimum Gasteiger partial charge on any atom is -0.350 e. The number of nitrogens with one attached hydrogen (secondary N) is 1. The van der Waals surface area contributed by atoms with E-state index in [1.165, 1.54) is 12.1 Å². The molecule has 0 saturated heterocycles. The minimum absolute atomic E-state index is 0.138. The lowest BCUT2D eigenvalue weighted by Gasteiger charge is -2.13. The maximum atomic E-state index is 12.9. The average molecular weight is 340 g/mol. The number of hydrogen-bond donors (Lipinski definition) is 1. The lowest BCUT2D eigenvalue weighted by molar-refractivity contribution is -0.121. The number of aryl methyl sites for hydroxylation is 1. The van der Waals surface area contributed by atoms with Crippen LogP contribution in [0.1, 0.15) is 30.8 Å². The molecule has 1 aromatic carbocycles. The van der Waals surface area contributed by atoms with Gasteiger partial charge in [0.1, 0.15) is 5.82 Å². The highest BCUT2D eigenvalue weighted by molar-refractivity contribution is 5.76. The first-order valence-electron chi connectivity index (χ1n) is 7.89. The zero-order chi connectivity index (χ0) is 17.6. The summed E-state index contributed by atoms with van der Waals surface area (Å²) in [6.07, 6.45) is 3.87. The van der Waals surface area contributed by atoms with Crippen LogP contribution in [-0.2, 0) is 11.2 Å². The summed E-state index contributed by atoms with van der Waals surface area (Å²) in [7, 11) is 0. The van der Waals surface area contributed by atoms with Crippen molar-refractivity contribution in [2.45, 2.75) is 25.8 Å². The van der Waals surface area contributed by atoms with E-state index in [-0.39, 0.29) is 24.2 Å². The number of amides is 1. The number of aromatic nitrogens is 3. The van der Waals surface area contributed by atoms with Gasteiger partial charge in [-0.3, -0.25) is 9.78 Å². The second-order valence-corrected chi connectivity index (χ2v) is 5.59. The third-order valence-electron chi connectivity index (χ3n) is 3.72. The fraction of sp³-hybridized carbons (Fsp3) is 0.222. The van der Waals surface area contributed by atoms with Gasteiger partial charge >= 0.3 is 0 Å². The molecule has 1 atom stereocenters. The van der Waals surface area contributed by atoms with Crippen LogP contribution in [-0.4, -0.2) is 21.0 Å². The molecule has 0 fully saturated rings. The quantitative estimate of drug-likeness (QED) is 0.746. The number of halogens is 1. The minimum atomic E-state index is -0.302. The fourth-order valence-corrected chi connectivity index (χ4v) is 2.34.